The Kier molecular flexibility index (Phi) is 2.09. The Morgan fingerprint density at radius 3 is 2.22 bits per heavy atom. The fourth-order valence-electron chi connectivity index (χ4n) is 1.46. The van der Waals surface area contributed by atoms with E-state index in [-0.39, 0.29) is 0 Å². The molecule has 1 saturated carbocycles. The molecule has 0 aromatic carbocycles. The Hall–Kier alpha value is -0.0800. The van der Waals surface area contributed by atoms with Gasteiger partial charge < -0.3 is 10.6 Å². The molecule has 0 bridgehead atoms. The Labute approximate surface area is 57.0 Å². The van der Waals surface area contributed by atoms with Gasteiger partial charge in [0.25, 0.3) is 0 Å². The minimum absolute atomic E-state index is 0.470. The molecule has 0 amide bonds. The van der Waals surface area contributed by atoms with Crippen molar-refractivity contribution in [3.8, 4) is 0 Å². The highest BCUT2D eigenvalue weighted by Crippen LogP contribution is 2.20. The van der Waals surface area contributed by atoms with Crippen molar-refractivity contribution in [2.45, 2.75) is 31.3 Å². The van der Waals surface area contributed by atoms with Crippen LogP contribution in [-0.4, -0.2) is 31.1 Å². The van der Waals surface area contributed by atoms with Gasteiger partial charge in [-0.25, -0.2) is 0 Å². The lowest BCUT2D eigenvalue weighted by atomic mass is 10.2. The molecule has 1 aliphatic rings. The predicted octanol–water partition coefficient (Wildman–Crippen LogP) is 0.428. The van der Waals surface area contributed by atoms with Crippen LogP contribution in [0.5, 0.6) is 0 Å². The van der Waals surface area contributed by atoms with E-state index in [4.69, 9.17) is 5.73 Å². The van der Waals surface area contributed by atoms with Gasteiger partial charge in [0.1, 0.15) is 0 Å². The van der Waals surface area contributed by atoms with E-state index >= 15 is 0 Å². The zero-order valence-corrected chi connectivity index (χ0v) is 6.30. The second-order valence-corrected chi connectivity index (χ2v) is 3.19. The SMILES string of the molecule is CN(C)C1CCC(N)C1. The first-order valence-corrected chi connectivity index (χ1v) is 3.62. The number of rotatable bonds is 1. The van der Waals surface area contributed by atoms with E-state index in [0.29, 0.717) is 6.04 Å². The molecule has 0 heterocycles. The molecule has 0 aromatic heterocycles. The van der Waals surface area contributed by atoms with Crippen LogP contribution in [0.4, 0.5) is 0 Å². The lowest BCUT2D eigenvalue weighted by molar-refractivity contribution is 0.297. The van der Waals surface area contributed by atoms with Crippen LogP contribution >= 0.6 is 0 Å². The highest BCUT2D eigenvalue weighted by molar-refractivity contribution is 4.82. The van der Waals surface area contributed by atoms with Crippen molar-refractivity contribution < 1.29 is 0 Å². The molecule has 2 unspecified atom stereocenters. The maximum Gasteiger partial charge on any atom is 0.0104 e. The average Bonchev–Trinajstić information content (AvgIpc) is 2.14. The molecule has 9 heavy (non-hydrogen) atoms. The minimum atomic E-state index is 0.470. The Balaban J connectivity index is 2.30. The molecule has 1 aliphatic carbocycles. The maximum atomic E-state index is 5.74. The van der Waals surface area contributed by atoms with Gasteiger partial charge >= 0.3 is 0 Å². The third-order valence-corrected chi connectivity index (χ3v) is 2.18. The molecule has 1 rings (SSSR count). The van der Waals surface area contributed by atoms with Crippen molar-refractivity contribution in [2.24, 2.45) is 5.73 Å². The number of nitrogens with zero attached hydrogens (tertiary/aromatic N) is 1. The molecule has 2 atom stereocenters. The second kappa shape index (κ2) is 2.67. The quantitative estimate of drug-likeness (QED) is 0.555. The van der Waals surface area contributed by atoms with E-state index in [1.807, 2.05) is 0 Å². The van der Waals surface area contributed by atoms with E-state index in [1.165, 1.54) is 19.3 Å². The van der Waals surface area contributed by atoms with Crippen molar-refractivity contribution >= 4 is 0 Å². The van der Waals surface area contributed by atoms with Gasteiger partial charge in [0.2, 0.25) is 0 Å². The lowest BCUT2D eigenvalue weighted by Gasteiger charge is -2.17. The summed E-state index contributed by atoms with van der Waals surface area (Å²) < 4.78 is 0. The third-order valence-electron chi connectivity index (χ3n) is 2.18. The third kappa shape index (κ3) is 1.66. The van der Waals surface area contributed by atoms with Gasteiger partial charge in [-0.2, -0.15) is 0 Å². The Morgan fingerprint density at radius 2 is 2.00 bits per heavy atom. The zero-order valence-electron chi connectivity index (χ0n) is 6.30. The van der Waals surface area contributed by atoms with Crippen LogP contribution in [0.15, 0.2) is 0 Å². The van der Waals surface area contributed by atoms with Crippen molar-refractivity contribution in [3.05, 3.63) is 0 Å². The maximum absolute atomic E-state index is 5.74. The fraction of sp³-hybridized carbons (Fsp3) is 1.00. The summed E-state index contributed by atoms with van der Waals surface area (Å²) in [6, 6.07) is 1.22. The van der Waals surface area contributed by atoms with Gasteiger partial charge in [-0.3, -0.25) is 0 Å². The summed E-state index contributed by atoms with van der Waals surface area (Å²) in [7, 11) is 4.26. The number of nitrogens with two attached hydrogens (primary N) is 1. The van der Waals surface area contributed by atoms with Crippen LogP contribution in [0.3, 0.4) is 0 Å². The van der Waals surface area contributed by atoms with Crippen molar-refractivity contribution in [3.63, 3.8) is 0 Å². The van der Waals surface area contributed by atoms with Gasteiger partial charge in [-0.05, 0) is 33.4 Å². The van der Waals surface area contributed by atoms with E-state index < -0.39 is 0 Å². The monoisotopic (exact) mass is 128 g/mol. The van der Waals surface area contributed by atoms with E-state index in [0.717, 1.165) is 6.04 Å². The van der Waals surface area contributed by atoms with Gasteiger partial charge in [0.05, 0.1) is 0 Å². The minimum Gasteiger partial charge on any atom is -0.328 e. The molecular weight excluding hydrogens is 112 g/mol. The van der Waals surface area contributed by atoms with Crippen molar-refractivity contribution in [1.29, 1.82) is 0 Å². The summed E-state index contributed by atoms with van der Waals surface area (Å²) in [6.45, 7) is 0. The first kappa shape index (κ1) is 7.03. The van der Waals surface area contributed by atoms with Gasteiger partial charge in [0.15, 0.2) is 0 Å². The summed E-state index contributed by atoms with van der Waals surface area (Å²) >= 11 is 0. The molecule has 0 saturated heterocycles. The van der Waals surface area contributed by atoms with E-state index in [9.17, 15) is 0 Å². The van der Waals surface area contributed by atoms with Crippen molar-refractivity contribution in [2.75, 3.05) is 14.1 Å². The summed E-state index contributed by atoms with van der Waals surface area (Å²) in [5.41, 5.74) is 5.74. The molecule has 2 nitrogen and oxygen atoms in total. The van der Waals surface area contributed by atoms with Crippen molar-refractivity contribution in [1.82, 2.24) is 4.90 Å². The Morgan fingerprint density at radius 1 is 1.33 bits per heavy atom. The average molecular weight is 128 g/mol. The largest absolute Gasteiger partial charge is 0.328 e. The summed E-state index contributed by atoms with van der Waals surface area (Å²) in [6.07, 6.45) is 3.68. The fourth-order valence-corrected chi connectivity index (χ4v) is 1.46. The highest BCUT2D eigenvalue weighted by Gasteiger charge is 2.22. The molecule has 0 spiro atoms. The first-order chi connectivity index (χ1) is 4.20. The molecular formula is C7H16N2. The zero-order chi connectivity index (χ0) is 6.85. The topological polar surface area (TPSA) is 29.3 Å². The highest BCUT2D eigenvalue weighted by atomic mass is 15.1. The summed E-state index contributed by atoms with van der Waals surface area (Å²) in [5, 5.41) is 0. The number of hydrogen-bond acceptors (Lipinski definition) is 2. The molecule has 54 valence electrons. The van der Waals surface area contributed by atoms with Gasteiger partial charge in [0, 0.05) is 12.1 Å². The van der Waals surface area contributed by atoms with E-state index in [2.05, 4.69) is 19.0 Å². The lowest BCUT2D eigenvalue weighted by Crippen LogP contribution is -2.27. The predicted molar refractivity (Wildman–Crippen MR) is 39.3 cm³/mol. The smallest absolute Gasteiger partial charge is 0.0104 e. The molecule has 2 N–H and O–H groups in total. The molecule has 0 aliphatic heterocycles. The molecule has 1 fully saturated rings. The van der Waals surface area contributed by atoms with Gasteiger partial charge in [-0.15, -0.1) is 0 Å². The second-order valence-electron chi connectivity index (χ2n) is 3.19. The van der Waals surface area contributed by atoms with Crippen LogP contribution in [0.2, 0.25) is 0 Å². The van der Waals surface area contributed by atoms with E-state index in [1.54, 1.807) is 0 Å². The normalized spacial score (nSPS) is 36.0. The first-order valence-electron chi connectivity index (χ1n) is 3.62. The standard InChI is InChI=1S/C7H16N2/c1-9(2)7-4-3-6(8)5-7/h6-7H,3-5,8H2,1-2H3. The number of hydrogen-bond donors (Lipinski definition) is 1. The summed E-state index contributed by atoms with van der Waals surface area (Å²) in [5.74, 6) is 0. The van der Waals surface area contributed by atoms with Crippen LogP contribution < -0.4 is 5.73 Å². The van der Waals surface area contributed by atoms with Crippen LogP contribution in [0.25, 0.3) is 0 Å². The van der Waals surface area contributed by atoms with Crippen LogP contribution in [0.1, 0.15) is 19.3 Å². The molecule has 0 aromatic rings. The van der Waals surface area contributed by atoms with Gasteiger partial charge in [-0.1, -0.05) is 0 Å². The van der Waals surface area contributed by atoms with Crippen LogP contribution in [-0.2, 0) is 0 Å². The van der Waals surface area contributed by atoms with Crippen LogP contribution in [0, 0.1) is 0 Å². The summed E-state index contributed by atoms with van der Waals surface area (Å²) in [4.78, 5) is 2.27. The Bertz CT molecular complexity index is 90.9. The molecule has 2 heteroatoms. The molecule has 0 radical (unpaired) electrons.